The molecule has 0 fully saturated rings. The van der Waals surface area contributed by atoms with Crippen LogP contribution in [0.15, 0.2) is 54.1 Å². The van der Waals surface area contributed by atoms with E-state index in [0.717, 1.165) is 0 Å². The van der Waals surface area contributed by atoms with Crippen LogP contribution in [0.1, 0.15) is 22.8 Å². The van der Waals surface area contributed by atoms with E-state index in [1.165, 1.54) is 30.3 Å². The molecule has 7 nitrogen and oxygen atoms in total. The minimum Gasteiger partial charge on any atom is -0.478 e. The zero-order valence-electron chi connectivity index (χ0n) is 12.7. The lowest BCUT2D eigenvalue weighted by Gasteiger charge is -2.06. The molecule has 0 atom stereocenters. The summed E-state index contributed by atoms with van der Waals surface area (Å²) in [4.78, 5) is 33.2. The number of benzene rings is 2. The quantitative estimate of drug-likeness (QED) is 0.497. The number of hydrogen-bond acceptors (Lipinski definition) is 4. The summed E-state index contributed by atoms with van der Waals surface area (Å²) < 4.78 is 0. The van der Waals surface area contributed by atoms with E-state index >= 15 is 0 Å². The maximum atomic E-state index is 12.1. The molecule has 2 rings (SSSR count). The first-order valence-corrected chi connectivity index (χ1v) is 6.94. The van der Waals surface area contributed by atoms with Crippen molar-refractivity contribution in [2.24, 2.45) is 0 Å². The van der Waals surface area contributed by atoms with Gasteiger partial charge < -0.3 is 10.4 Å². The molecule has 24 heavy (non-hydrogen) atoms. The number of hydrogen-bond donors (Lipinski definition) is 2. The van der Waals surface area contributed by atoms with Gasteiger partial charge in [0.2, 0.25) is 0 Å². The first-order valence-electron chi connectivity index (χ1n) is 6.94. The molecule has 0 aliphatic carbocycles. The Hall–Kier alpha value is -3.48. The van der Waals surface area contributed by atoms with Crippen LogP contribution in [0.4, 0.5) is 11.4 Å². The molecule has 0 saturated carbocycles. The molecule has 2 aromatic rings. The maximum Gasteiger partial charge on any atom is 0.335 e. The van der Waals surface area contributed by atoms with Gasteiger partial charge in [-0.25, -0.2) is 4.79 Å². The average molecular weight is 326 g/mol. The number of nitro benzene ring substituents is 1. The highest BCUT2D eigenvalue weighted by Gasteiger charge is 2.09. The Labute approximate surface area is 137 Å². The van der Waals surface area contributed by atoms with Gasteiger partial charge in [0, 0.05) is 23.4 Å². The average Bonchev–Trinajstić information content (AvgIpc) is 2.55. The Kier molecular flexibility index (Phi) is 5.06. The Morgan fingerprint density at radius 2 is 1.83 bits per heavy atom. The summed E-state index contributed by atoms with van der Waals surface area (Å²) in [5.41, 5.74) is 1.44. The minimum atomic E-state index is -1.08. The van der Waals surface area contributed by atoms with Crippen molar-refractivity contribution in [3.8, 4) is 0 Å². The Bertz CT molecular complexity index is 825. The van der Waals surface area contributed by atoms with Crippen molar-refractivity contribution in [3.63, 3.8) is 0 Å². The van der Waals surface area contributed by atoms with Gasteiger partial charge in [-0.05, 0) is 48.9 Å². The molecule has 2 aromatic carbocycles. The molecule has 0 spiro atoms. The van der Waals surface area contributed by atoms with Gasteiger partial charge in [0.15, 0.2) is 0 Å². The molecule has 0 aromatic heterocycles. The Morgan fingerprint density at radius 3 is 2.42 bits per heavy atom. The van der Waals surface area contributed by atoms with Gasteiger partial charge in [-0.15, -0.1) is 0 Å². The Morgan fingerprint density at radius 1 is 1.17 bits per heavy atom. The van der Waals surface area contributed by atoms with E-state index in [4.69, 9.17) is 5.11 Å². The molecule has 0 aliphatic rings. The van der Waals surface area contributed by atoms with Crippen molar-refractivity contribution in [1.82, 2.24) is 0 Å². The van der Waals surface area contributed by atoms with Crippen molar-refractivity contribution in [1.29, 1.82) is 0 Å². The molecule has 7 heteroatoms. The largest absolute Gasteiger partial charge is 0.478 e. The van der Waals surface area contributed by atoms with Gasteiger partial charge in [-0.3, -0.25) is 14.9 Å². The van der Waals surface area contributed by atoms with Gasteiger partial charge in [0.1, 0.15) is 0 Å². The number of non-ortho nitro benzene ring substituents is 1. The summed E-state index contributed by atoms with van der Waals surface area (Å²) in [7, 11) is 0. The van der Waals surface area contributed by atoms with Crippen LogP contribution in [0, 0.1) is 10.1 Å². The number of aromatic carboxylic acids is 1. The molecule has 0 radical (unpaired) electrons. The van der Waals surface area contributed by atoms with Gasteiger partial charge in [0.05, 0.1) is 10.5 Å². The predicted molar refractivity (Wildman–Crippen MR) is 88.8 cm³/mol. The molecule has 0 aliphatic heterocycles. The summed E-state index contributed by atoms with van der Waals surface area (Å²) in [6, 6.07) is 11.7. The monoisotopic (exact) mass is 326 g/mol. The third-order valence-electron chi connectivity index (χ3n) is 3.21. The van der Waals surface area contributed by atoms with Crippen LogP contribution in [0.25, 0.3) is 6.08 Å². The van der Waals surface area contributed by atoms with Gasteiger partial charge in [0.25, 0.3) is 11.6 Å². The van der Waals surface area contributed by atoms with E-state index in [9.17, 15) is 19.7 Å². The zero-order chi connectivity index (χ0) is 17.7. The number of amides is 1. The van der Waals surface area contributed by atoms with Crippen molar-refractivity contribution in [2.45, 2.75) is 6.92 Å². The summed E-state index contributed by atoms with van der Waals surface area (Å²) in [5, 5.41) is 22.2. The summed E-state index contributed by atoms with van der Waals surface area (Å²) >= 11 is 0. The lowest BCUT2D eigenvalue weighted by Crippen LogP contribution is -2.13. The first-order chi connectivity index (χ1) is 11.4. The topological polar surface area (TPSA) is 110 Å². The van der Waals surface area contributed by atoms with Crippen molar-refractivity contribution >= 4 is 29.3 Å². The van der Waals surface area contributed by atoms with Crippen molar-refractivity contribution in [2.75, 3.05) is 5.32 Å². The zero-order valence-corrected chi connectivity index (χ0v) is 12.7. The number of carboxylic acids is 1. The van der Waals surface area contributed by atoms with Gasteiger partial charge >= 0.3 is 5.97 Å². The second kappa shape index (κ2) is 7.19. The number of carbonyl (C=O) groups is 2. The Balaban J connectivity index is 2.12. The van der Waals surface area contributed by atoms with E-state index in [2.05, 4.69) is 5.32 Å². The second-order valence-corrected chi connectivity index (χ2v) is 5.02. The third-order valence-corrected chi connectivity index (χ3v) is 3.21. The molecular weight excluding hydrogens is 312 g/mol. The molecule has 1 amide bonds. The fraction of sp³-hybridized carbons (Fsp3) is 0.0588. The predicted octanol–water partition coefficient (Wildman–Crippen LogP) is 3.34. The summed E-state index contributed by atoms with van der Waals surface area (Å²) in [6.45, 7) is 1.60. The van der Waals surface area contributed by atoms with Crippen LogP contribution in [0.3, 0.4) is 0 Å². The van der Waals surface area contributed by atoms with Gasteiger partial charge in [-0.2, -0.15) is 0 Å². The highest BCUT2D eigenvalue weighted by Crippen LogP contribution is 2.16. The lowest BCUT2D eigenvalue weighted by molar-refractivity contribution is -0.384. The van der Waals surface area contributed by atoms with E-state index in [1.54, 1.807) is 31.2 Å². The molecule has 2 N–H and O–H groups in total. The molecule has 0 saturated heterocycles. The number of anilines is 1. The highest BCUT2D eigenvalue weighted by atomic mass is 16.6. The first kappa shape index (κ1) is 16.9. The fourth-order valence-electron chi connectivity index (χ4n) is 1.97. The summed E-state index contributed by atoms with van der Waals surface area (Å²) in [6.07, 6.45) is 1.58. The summed E-state index contributed by atoms with van der Waals surface area (Å²) in [5.74, 6) is -1.47. The fourth-order valence-corrected chi connectivity index (χ4v) is 1.97. The highest BCUT2D eigenvalue weighted by molar-refractivity contribution is 6.06. The van der Waals surface area contributed by atoms with Crippen LogP contribution < -0.4 is 5.32 Å². The third kappa shape index (κ3) is 4.26. The lowest BCUT2D eigenvalue weighted by atomic mass is 10.1. The molecule has 0 bridgehead atoms. The molecule has 0 heterocycles. The SMILES string of the molecule is CC(=Cc1ccc([N+](=O)[O-])cc1)C(=O)Nc1cccc(C(=O)O)c1. The number of nitro groups is 1. The van der Waals surface area contributed by atoms with E-state index < -0.39 is 16.8 Å². The molecule has 0 unspecified atom stereocenters. The van der Waals surface area contributed by atoms with Crippen LogP contribution >= 0.6 is 0 Å². The van der Waals surface area contributed by atoms with Crippen molar-refractivity contribution < 1.29 is 19.6 Å². The standard InChI is InChI=1S/C17H14N2O5/c1-11(9-12-5-7-15(8-6-12)19(23)24)16(20)18-14-4-2-3-13(10-14)17(21)22/h2-10H,1H3,(H,18,20)(H,21,22). The van der Waals surface area contributed by atoms with Crippen LogP contribution in [-0.4, -0.2) is 21.9 Å². The van der Waals surface area contributed by atoms with Gasteiger partial charge in [-0.1, -0.05) is 6.07 Å². The van der Waals surface area contributed by atoms with Crippen molar-refractivity contribution in [3.05, 3.63) is 75.3 Å². The maximum absolute atomic E-state index is 12.1. The van der Waals surface area contributed by atoms with E-state index in [-0.39, 0.29) is 11.3 Å². The number of nitrogens with zero attached hydrogens (tertiary/aromatic N) is 1. The van der Waals surface area contributed by atoms with Crippen LogP contribution in [0.2, 0.25) is 0 Å². The smallest absolute Gasteiger partial charge is 0.335 e. The number of carboxylic acid groups (broad SMARTS) is 1. The number of nitrogens with one attached hydrogen (secondary N) is 1. The van der Waals surface area contributed by atoms with E-state index in [1.807, 2.05) is 0 Å². The van der Waals surface area contributed by atoms with Crippen LogP contribution in [-0.2, 0) is 4.79 Å². The number of carbonyl (C=O) groups excluding carboxylic acids is 1. The molecular formula is C17H14N2O5. The minimum absolute atomic E-state index is 0.0280. The molecule has 122 valence electrons. The second-order valence-electron chi connectivity index (χ2n) is 5.02. The van der Waals surface area contributed by atoms with E-state index in [0.29, 0.717) is 16.8 Å². The number of rotatable bonds is 5. The van der Waals surface area contributed by atoms with Crippen LogP contribution in [0.5, 0.6) is 0 Å². The normalized spacial score (nSPS) is 11.0.